The molecule has 2 aromatic carbocycles. The van der Waals surface area contributed by atoms with Crippen LogP contribution in [-0.4, -0.2) is 36.3 Å². The molecule has 0 saturated carbocycles. The van der Waals surface area contributed by atoms with Gasteiger partial charge in [0.15, 0.2) is 0 Å². The van der Waals surface area contributed by atoms with E-state index in [0.717, 1.165) is 30.4 Å². The number of carbonyl (C=O) groups excluding carboxylic acids is 2. The number of likely N-dealkylation sites (tertiary alicyclic amines) is 1. The van der Waals surface area contributed by atoms with Crippen LogP contribution in [0.5, 0.6) is 0 Å². The minimum Gasteiger partial charge on any atom is -0.356 e. The molecule has 1 aliphatic heterocycles. The van der Waals surface area contributed by atoms with Gasteiger partial charge in [0.25, 0.3) is 5.91 Å². The summed E-state index contributed by atoms with van der Waals surface area (Å²) in [7, 11) is 0. The molecule has 136 valence electrons. The van der Waals surface area contributed by atoms with Crippen molar-refractivity contribution in [1.29, 1.82) is 0 Å². The van der Waals surface area contributed by atoms with Crippen LogP contribution < -0.4 is 5.32 Å². The second-order valence-corrected chi connectivity index (χ2v) is 6.96. The smallest absolute Gasteiger partial charge is 0.253 e. The van der Waals surface area contributed by atoms with Gasteiger partial charge in [-0.3, -0.25) is 9.59 Å². The highest BCUT2D eigenvalue weighted by Gasteiger charge is 2.27. The Balaban J connectivity index is 1.44. The van der Waals surface area contributed by atoms with Gasteiger partial charge in [0, 0.05) is 31.1 Å². The second kappa shape index (κ2) is 8.65. The summed E-state index contributed by atoms with van der Waals surface area (Å²) < 4.78 is 0. The van der Waals surface area contributed by atoms with Crippen LogP contribution in [0.3, 0.4) is 0 Å². The zero-order chi connectivity index (χ0) is 18.4. The second-order valence-electron chi connectivity index (χ2n) is 6.96. The van der Waals surface area contributed by atoms with E-state index in [0.29, 0.717) is 19.6 Å². The van der Waals surface area contributed by atoms with Crippen molar-refractivity contribution in [3.8, 4) is 0 Å². The van der Waals surface area contributed by atoms with Crippen LogP contribution in [0.1, 0.15) is 34.3 Å². The normalized spacial score (nSPS) is 14.9. The predicted molar refractivity (Wildman–Crippen MR) is 103 cm³/mol. The zero-order valence-corrected chi connectivity index (χ0v) is 15.3. The van der Waals surface area contributed by atoms with E-state index in [9.17, 15) is 9.59 Å². The van der Waals surface area contributed by atoms with Gasteiger partial charge in [-0.05, 0) is 43.9 Å². The molecule has 0 unspecified atom stereocenters. The van der Waals surface area contributed by atoms with Crippen LogP contribution in [0.25, 0.3) is 0 Å². The Hall–Kier alpha value is -2.62. The lowest BCUT2D eigenvalue weighted by atomic mass is 9.95. The molecule has 4 heteroatoms. The van der Waals surface area contributed by atoms with Crippen molar-refractivity contribution in [2.24, 2.45) is 5.92 Å². The molecular formula is C22H26N2O2. The standard InChI is InChI=1S/C22H26N2O2/c1-17-6-5-9-20(16-17)22(26)24-14-11-19(12-15-24)21(25)23-13-10-18-7-3-2-4-8-18/h2-9,16,19H,10-15H2,1H3,(H,23,25). The molecule has 0 spiro atoms. The number of piperidine rings is 1. The molecule has 0 aliphatic carbocycles. The molecule has 1 aliphatic rings. The van der Waals surface area contributed by atoms with Crippen molar-refractivity contribution < 1.29 is 9.59 Å². The third kappa shape index (κ3) is 4.72. The highest BCUT2D eigenvalue weighted by Crippen LogP contribution is 2.19. The van der Waals surface area contributed by atoms with E-state index in [1.165, 1.54) is 5.56 Å². The Morgan fingerprint density at radius 1 is 1.04 bits per heavy atom. The van der Waals surface area contributed by atoms with Crippen molar-refractivity contribution in [2.75, 3.05) is 19.6 Å². The molecule has 1 heterocycles. The summed E-state index contributed by atoms with van der Waals surface area (Å²) in [6.45, 7) is 3.93. The molecule has 1 saturated heterocycles. The van der Waals surface area contributed by atoms with Crippen LogP contribution in [0.15, 0.2) is 54.6 Å². The highest BCUT2D eigenvalue weighted by molar-refractivity contribution is 5.94. The first-order valence-electron chi connectivity index (χ1n) is 9.31. The zero-order valence-electron chi connectivity index (χ0n) is 15.3. The molecule has 1 fully saturated rings. The molecule has 26 heavy (non-hydrogen) atoms. The van der Waals surface area contributed by atoms with Crippen molar-refractivity contribution in [3.63, 3.8) is 0 Å². The fourth-order valence-corrected chi connectivity index (χ4v) is 3.42. The average Bonchev–Trinajstić information content (AvgIpc) is 2.68. The molecule has 1 N–H and O–H groups in total. The summed E-state index contributed by atoms with van der Waals surface area (Å²) in [5.41, 5.74) is 3.05. The fraction of sp³-hybridized carbons (Fsp3) is 0.364. The maximum atomic E-state index is 12.6. The number of nitrogens with one attached hydrogen (secondary N) is 1. The largest absolute Gasteiger partial charge is 0.356 e. The average molecular weight is 350 g/mol. The van der Waals surface area contributed by atoms with Crippen LogP contribution in [0.2, 0.25) is 0 Å². The molecule has 0 atom stereocenters. The van der Waals surface area contributed by atoms with Gasteiger partial charge in [0.1, 0.15) is 0 Å². The predicted octanol–water partition coefficient (Wildman–Crippen LogP) is 3.21. The number of aryl methyl sites for hydroxylation is 1. The van der Waals surface area contributed by atoms with Gasteiger partial charge < -0.3 is 10.2 Å². The van der Waals surface area contributed by atoms with Gasteiger partial charge in [-0.1, -0.05) is 48.0 Å². The van der Waals surface area contributed by atoms with Crippen LogP contribution in [0, 0.1) is 12.8 Å². The van der Waals surface area contributed by atoms with E-state index in [2.05, 4.69) is 17.4 Å². The number of hydrogen-bond donors (Lipinski definition) is 1. The van der Waals surface area contributed by atoms with Crippen molar-refractivity contribution in [1.82, 2.24) is 10.2 Å². The Morgan fingerprint density at radius 3 is 2.46 bits per heavy atom. The fourth-order valence-electron chi connectivity index (χ4n) is 3.42. The van der Waals surface area contributed by atoms with Crippen molar-refractivity contribution in [2.45, 2.75) is 26.2 Å². The lowest BCUT2D eigenvalue weighted by Gasteiger charge is -2.31. The molecule has 3 rings (SSSR count). The molecule has 0 aromatic heterocycles. The van der Waals surface area contributed by atoms with Crippen molar-refractivity contribution in [3.05, 3.63) is 71.3 Å². The van der Waals surface area contributed by atoms with E-state index in [1.54, 1.807) is 0 Å². The molecule has 4 nitrogen and oxygen atoms in total. The highest BCUT2D eigenvalue weighted by atomic mass is 16.2. The molecular weight excluding hydrogens is 324 g/mol. The number of rotatable bonds is 5. The Morgan fingerprint density at radius 2 is 1.77 bits per heavy atom. The van der Waals surface area contributed by atoms with Gasteiger partial charge in [-0.15, -0.1) is 0 Å². The minimum absolute atomic E-state index is 0.00679. The number of nitrogens with zero attached hydrogens (tertiary/aromatic N) is 1. The Bertz CT molecular complexity index is 750. The van der Waals surface area contributed by atoms with Crippen LogP contribution in [0.4, 0.5) is 0 Å². The summed E-state index contributed by atoms with van der Waals surface area (Å²) >= 11 is 0. The molecule has 2 aromatic rings. The molecule has 2 amide bonds. The summed E-state index contributed by atoms with van der Waals surface area (Å²) in [5.74, 6) is 0.188. The monoisotopic (exact) mass is 350 g/mol. The van der Waals surface area contributed by atoms with E-state index < -0.39 is 0 Å². The molecule has 0 bridgehead atoms. The first-order valence-corrected chi connectivity index (χ1v) is 9.31. The van der Waals surface area contributed by atoms with Gasteiger partial charge in [0.05, 0.1) is 0 Å². The third-order valence-electron chi connectivity index (χ3n) is 4.97. The molecule has 0 radical (unpaired) electrons. The van der Waals surface area contributed by atoms with Crippen LogP contribution >= 0.6 is 0 Å². The van der Waals surface area contributed by atoms with Gasteiger partial charge >= 0.3 is 0 Å². The van der Waals surface area contributed by atoms with E-state index in [-0.39, 0.29) is 17.7 Å². The lowest BCUT2D eigenvalue weighted by molar-refractivity contribution is -0.126. The van der Waals surface area contributed by atoms with Crippen LogP contribution in [-0.2, 0) is 11.2 Å². The first-order chi connectivity index (χ1) is 12.6. The van der Waals surface area contributed by atoms with Gasteiger partial charge in [-0.25, -0.2) is 0 Å². The topological polar surface area (TPSA) is 49.4 Å². The van der Waals surface area contributed by atoms with E-state index in [1.807, 2.05) is 54.3 Å². The summed E-state index contributed by atoms with van der Waals surface area (Å²) in [4.78, 5) is 26.8. The maximum absolute atomic E-state index is 12.6. The summed E-state index contributed by atoms with van der Waals surface area (Å²) in [5, 5.41) is 3.04. The van der Waals surface area contributed by atoms with Crippen molar-refractivity contribution >= 4 is 11.8 Å². The Labute approximate surface area is 155 Å². The van der Waals surface area contributed by atoms with Gasteiger partial charge in [0.2, 0.25) is 5.91 Å². The number of carbonyl (C=O) groups is 2. The minimum atomic E-state index is 0.00679. The summed E-state index contributed by atoms with van der Waals surface area (Å²) in [6.07, 6.45) is 2.31. The maximum Gasteiger partial charge on any atom is 0.253 e. The summed E-state index contributed by atoms with van der Waals surface area (Å²) in [6, 6.07) is 17.8. The number of benzene rings is 2. The SMILES string of the molecule is Cc1cccc(C(=O)N2CCC(C(=O)NCCc3ccccc3)CC2)c1. The lowest BCUT2D eigenvalue weighted by Crippen LogP contribution is -2.43. The number of hydrogen-bond acceptors (Lipinski definition) is 2. The number of amides is 2. The third-order valence-corrected chi connectivity index (χ3v) is 4.97. The quantitative estimate of drug-likeness (QED) is 0.900. The van der Waals surface area contributed by atoms with Gasteiger partial charge in [-0.2, -0.15) is 0 Å². The van der Waals surface area contributed by atoms with E-state index >= 15 is 0 Å². The Kier molecular flexibility index (Phi) is 6.05. The first kappa shape index (κ1) is 18.2. The van der Waals surface area contributed by atoms with E-state index in [4.69, 9.17) is 0 Å².